The number of aryl methyl sites for hydroxylation is 1. The molecule has 0 spiro atoms. The zero-order valence-corrected chi connectivity index (χ0v) is 13.6. The van der Waals surface area contributed by atoms with E-state index in [9.17, 15) is 4.79 Å². The largest absolute Gasteiger partial charge is 0.497 e. The predicted octanol–water partition coefficient (Wildman–Crippen LogP) is 3.15. The Balaban J connectivity index is 1.63. The monoisotopic (exact) mass is 325 g/mol. The van der Waals surface area contributed by atoms with Gasteiger partial charge in [-0.15, -0.1) is 0 Å². The van der Waals surface area contributed by atoms with Crippen molar-refractivity contribution in [1.29, 1.82) is 0 Å². The van der Waals surface area contributed by atoms with Gasteiger partial charge >= 0.3 is 0 Å². The third-order valence-corrected chi connectivity index (χ3v) is 3.81. The van der Waals surface area contributed by atoms with Crippen molar-refractivity contribution in [3.05, 3.63) is 48.3 Å². The van der Waals surface area contributed by atoms with Gasteiger partial charge in [0.15, 0.2) is 0 Å². The molecule has 2 aromatic carbocycles. The highest BCUT2D eigenvalue weighted by molar-refractivity contribution is 5.92. The highest BCUT2D eigenvalue weighted by Gasteiger charge is 2.09. The summed E-state index contributed by atoms with van der Waals surface area (Å²) in [5.74, 6) is 1.18. The summed E-state index contributed by atoms with van der Waals surface area (Å²) in [6.07, 6.45) is 2.70. The Labute approximate surface area is 139 Å². The molecule has 0 bridgehead atoms. The highest BCUT2D eigenvalue weighted by atomic mass is 16.5. The van der Waals surface area contributed by atoms with Gasteiger partial charge in [-0.25, -0.2) is 4.98 Å². The lowest BCUT2D eigenvalue weighted by molar-refractivity contribution is -0.116. The summed E-state index contributed by atoms with van der Waals surface area (Å²) in [5.41, 5.74) is 3.62. The number of carbonyl (C=O) groups excluding carboxylic acids is 1. The van der Waals surface area contributed by atoms with Gasteiger partial charge in [0.05, 0.1) is 37.3 Å². The van der Waals surface area contributed by atoms with Gasteiger partial charge in [-0.05, 0) is 36.2 Å². The zero-order valence-electron chi connectivity index (χ0n) is 13.6. The molecule has 0 saturated carbocycles. The van der Waals surface area contributed by atoms with Crippen LogP contribution >= 0.6 is 0 Å². The smallest absolute Gasteiger partial charge is 0.224 e. The summed E-state index contributed by atoms with van der Waals surface area (Å²) >= 11 is 0. The number of rotatable bonds is 6. The van der Waals surface area contributed by atoms with Crippen molar-refractivity contribution >= 4 is 22.6 Å². The van der Waals surface area contributed by atoms with Crippen LogP contribution in [0.1, 0.15) is 12.0 Å². The second-order valence-electron chi connectivity index (χ2n) is 5.37. The van der Waals surface area contributed by atoms with Crippen molar-refractivity contribution in [3.63, 3.8) is 0 Å². The minimum absolute atomic E-state index is 0.0665. The van der Waals surface area contributed by atoms with Crippen molar-refractivity contribution in [1.82, 2.24) is 9.97 Å². The Hall–Kier alpha value is -3.02. The van der Waals surface area contributed by atoms with E-state index in [0.29, 0.717) is 30.0 Å². The molecule has 1 heterocycles. The lowest BCUT2D eigenvalue weighted by atomic mass is 10.1. The molecule has 24 heavy (non-hydrogen) atoms. The lowest BCUT2D eigenvalue weighted by Crippen LogP contribution is -2.13. The molecular weight excluding hydrogens is 306 g/mol. The minimum atomic E-state index is -0.0665. The molecule has 0 aliphatic rings. The Bertz CT molecular complexity index is 858. The van der Waals surface area contributed by atoms with Crippen LogP contribution in [0.3, 0.4) is 0 Å². The summed E-state index contributed by atoms with van der Waals surface area (Å²) in [6.45, 7) is 0. The molecule has 0 fully saturated rings. The number of imidazole rings is 1. The van der Waals surface area contributed by atoms with Gasteiger partial charge in [0.25, 0.3) is 0 Å². The second-order valence-corrected chi connectivity index (χ2v) is 5.37. The third-order valence-electron chi connectivity index (χ3n) is 3.81. The number of ether oxygens (including phenoxy) is 2. The van der Waals surface area contributed by atoms with E-state index in [-0.39, 0.29) is 5.91 Å². The molecule has 1 aromatic heterocycles. The topological polar surface area (TPSA) is 76.2 Å². The van der Waals surface area contributed by atoms with Gasteiger partial charge in [-0.2, -0.15) is 0 Å². The van der Waals surface area contributed by atoms with Gasteiger partial charge in [-0.3, -0.25) is 4.79 Å². The number of carbonyl (C=O) groups is 1. The SMILES string of the molecule is COc1ccc(NC(=O)CCc2ccc3nc[nH]c3c2)c(OC)c1. The van der Waals surface area contributed by atoms with Crippen molar-refractivity contribution in [3.8, 4) is 11.5 Å². The summed E-state index contributed by atoms with van der Waals surface area (Å²) in [7, 11) is 3.15. The molecule has 1 amide bonds. The first kappa shape index (κ1) is 15.9. The van der Waals surface area contributed by atoms with E-state index < -0.39 is 0 Å². The molecule has 0 saturated heterocycles. The summed E-state index contributed by atoms with van der Waals surface area (Å²) in [6, 6.07) is 11.2. The summed E-state index contributed by atoms with van der Waals surface area (Å²) in [5, 5.41) is 2.88. The minimum Gasteiger partial charge on any atom is -0.497 e. The van der Waals surface area contributed by atoms with Crippen LogP contribution in [-0.2, 0) is 11.2 Å². The molecule has 0 atom stereocenters. The van der Waals surface area contributed by atoms with Gasteiger partial charge in [0.1, 0.15) is 11.5 Å². The van der Waals surface area contributed by atoms with Crippen LogP contribution in [0.15, 0.2) is 42.7 Å². The second kappa shape index (κ2) is 7.04. The number of anilines is 1. The molecule has 6 heteroatoms. The van der Waals surface area contributed by atoms with Crippen molar-refractivity contribution in [2.75, 3.05) is 19.5 Å². The normalized spacial score (nSPS) is 10.6. The van der Waals surface area contributed by atoms with Crippen LogP contribution in [0, 0.1) is 0 Å². The first-order valence-electron chi connectivity index (χ1n) is 7.63. The van der Waals surface area contributed by atoms with Crippen molar-refractivity contribution in [2.24, 2.45) is 0 Å². The Kier molecular flexibility index (Phi) is 4.65. The number of amides is 1. The number of methoxy groups -OCH3 is 2. The Morgan fingerprint density at radius 2 is 2.04 bits per heavy atom. The van der Waals surface area contributed by atoms with Gasteiger partial charge in [0, 0.05) is 12.5 Å². The number of fused-ring (bicyclic) bond motifs is 1. The van der Waals surface area contributed by atoms with Crippen LogP contribution in [-0.4, -0.2) is 30.1 Å². The van der Waals surface area contributed by atoms with E-state index in [0.717, 1.165) is 16.6 Å². The average Bonchev–Trinajstić information content (AvgIpc) is 3.08. The number of hydrogen-bond donors (Lipinski definition) is 2. The van der Waals surface area contributed by atoms with Crippen molar-refractivity contribution < 1.29 is 14.3 Å². The van der Waals surface area contributed by atoms with Gasteiger partial charge in [0.2, 0.25) is 5.91 Å². The van der Waals surface area contributed by atoms with Gasteiger partial charge in [-0.1, -0.05) is 6.07 Å². The van der Waals surface area contributed by atoms with E-state index in [2.05, 4.69) is 15.3 Å². The Morgan fingerprint density at radius 3 is 2.83 bits per heavy atom. The van der Waals surface area contributed by atoms with E-state index in [1.54, 1.807) is 38.7 Å². The fourth-order valence-corrected chi connectivity index (χ4v) is 2.51. The van der Waals surface area contributed by atoms with Crippen LogP contribution in [0.2, 0.25) is 0 Å². The number of hydrogen-bond acceptors (Lipinski definition) is 4. The number of aromatic nitrogens is 2. The van der Waals surface area contributed by atoms with Crippen LogP contribution < -0.4 is 14.8 Å². The molecule has 3 rings (SSSR count). The third kappa shape index (κ3) is 3.48. The number of nitrogens with one attached hydrogen (secondary N) is 2. The zero-order chi connectivity index (χ0) is 16.9. The molecule has 124 valence electrons. The maximum atomic E-state index is 12.2. The fraction of sp³-hybridized carbons (Fsp3) is 0.222. The van der Waals surface area contributed by atoms with E-state index in [4.69, 9.17) is 9.47 Å². The molecule has 0 radical (unpaired) electrons. The van der Waals surface area contributed by atoms with E-state index in [1.165, 1.54) is 0 Å². The summed E-state index contributed by atoms with van der Waals surface area (Å²) in [4.78, 5) is 19.5. The van der Waals surface area contributed by atoms with E-state index >= 15 is 0 Å². The molecule has 3 aromatic rings. The molecule has 0 aliphatic heterocycles. The fourth-order valence-electron chi connectivity index (χ4n) is 2.51. The highest BCUT2D eigenvalue weighted by Crippen LogP contribution is 2.29. The molecule has 0 aliphatic carbocycles. The maximum Gasteiger partial charge on any atom is 0.224 e. The quantitative estimate of drug-likeness (QED) is 0.730. The Morgan fingerprint density at radius 1 is 1.17 bits per heavy atom. The molecule has 6 nitrogen and oxygen atoms in total. The predicted molar refractivity (Wildman–Crippen MR) is 92.6 cm³/mol. The number of nitrogens with zero attached hydrogens (tertiary/aromatic N) is 1. The van der Waals surface area contributed by atoms with Gasteiger partial charge < -0.3 is 19.8 Å². The average molecular weight is 325 g/mol. The van der Waals surface area contributed by atoms with E-state index in [1.807, 2.05) is 18.2 Å². The standard InChI is InChI=1S/C18H19N3O3/c1-23-13-5-7-15(17(10-13)24-2)21-18(22)8-4-12-3-6-14-16(9-12)20-11-19-14/h3,5-7,9-11H,4,8H2,1-2H3,(H,19,20)(H,21,22). The van der Waals surface area contributed by atoms with Crippen molar-refractivity contribution in [2.45, 2.75) is 12.8 Å². The lowest BCUT2D eigenvalue weighted by Gasteiger charge is -2.11. The maximum absolute atomic E-state index is 12.2. The molecule has 0 unspecified atom stereocenters. The molecule has 2 N–H and O–H groups in total. The first-order valence-corrected chi connectivity index (χ1v) is 7.63. The van der Waals surface area contributed by atoms with Crippen LogP contribution in [0.4, 0.5) is 5.69 Å². The molecular formula is C18H19N3O3. The van der Waals surface area contributed by atoms with Crippen LogP contribution in [0.5, 0.6) is 11.5 Å². The number of aromatic amines is 1. The van der Waals surface area contributed by atoms with Crippen LogP contribution in [0.25, 0.3) is 11.0 Å². The first-order chi connectivity index (χ1) is 11.7. The number of benzene rings is 2. The number of H-pyrrole nitrogens is 1. The summed E-state index contributed by atoms with van der Waals surface area (Å²) < 4.78 is 10.4.